The molecule has 86 valence electrons. The number of rotatable bonds is 3. The summed E-state index contributed by atoms with van der Waals surface area (Å²) in [4.78, 5) is 12.9. The van der Waals surface area contributed by atoms with Gasteiger partial charge in [-0.15, -0.1) is 0 Å². The van der Waals surface area contributed by atoms with Crippen molar-refractivity contribution in [2.75, 3.05) is 13.1 Å². The van der Waals surface area contributed by atoms with Crippen LogP contribution in [-0.2, 0) is 4.79 Å². The minimum absolute atomic E-state index is 0.00236. The maximum absolute atomic E-state index is 11.3. The van der Waals surface area contributed by atoms with E-state index >= 15 is 0 Å². The Morgan fingerprint density at radius 2 is 1.87 bits per heavy atom. The molecule has 15 heavy (non-hydrogen) atoms. The molecule has 1 saturated carbocycles. The fraction of sp³-hybridized carbons (Fsp3) is 0.818. The van der Waals surface area contributed by atoms with Gasteiger partial charge in [-0.05, 0) is 11.8 Å². The van der Waals surface area contributed by atoms with Gasteiger partial charge in [-0.2, -0.15) is 5.26 Å². The molecule has 1 aliphatic carbocycles. The molecule has 4 heteroatoms. The average Bonchev–Trinajstić information content (AvgIpc) is 2.85. The number of carbonyl (C=O) groups is 1. The number of nitrogens with zero attached hydrogens (tertiary/aromatic N) is 2. The van der Waals surface area contributed by atoms with Gasteiger partial charge in [0.05, 0.1) is 12.6 Å². The summed E-state index contributed by atoms with van der Waals surface area (Å²) in [6, 6.07) is 2.23. The highest BCUT2D eigenvalue weighted by Gasteiger charge is 2.48. The largest absolute Gasteiger partial charge is 0.325 e. The normalized spacial score (nSPS) is 27.1. The average molecular weight is 211 g/mol. The second-order valence-corrected chi connectivity index (χ2v) is 3.59. The van der Waals surface area contributed by atoms with Crippen molar-refractivity contribution in [2.24, 2.45) is 17.6 Å². The second-order valence-electron chi connectivity index (χ2n) is 3.59. The molecule has 1 fully saturated rings. The van der Waals surface area contributed by atoms with Gasteiger partial charge in [-0.25, -0.2) is 0 Å². The van der Waals surface area contributed by atoms with Gasteiger partial charge >= 0.3 is 0 Å². The van der Waals surface area contributed by atoms with E-state index in [9.17, 15) is 4.79 Å². The Morgan fingerprint density at radius 3 is 2.13 bits per heavy atom. The Hall–Kier alpha value is -1.08. The SMILES string of the molecule is CC.CC1C(C)C1N(CC#N)C(=O)CN. The molecule has 4 nitrogen and oxygen atoms in total. The van der Waals surface area contributed by atoms with Gasteiger partial charge in [0.2, 0.25) is 5.91 Å². The topological polar surface area (TPSA) is 70.1 Å². The first-order valence-electron chi connectivity index (χ1n) is 5.50. The first-order chi connectivity index (χ1) is 7.13. The van der Waals surface area contributed by atoms with Crippen LogP contribution in [0.5, 0.6) is 0 Å². The predicted octanol–water partition coefficient (Wildman–Crippen LogP) is 0.978. The van der Waals surface area contributed by atoms with Crippen LogP contribution in [0.3, 0.4) is 0 Å². The first kappa shape index (κ1) is 13.9. The van der Waals surface area contributed by atoms with Gasteiger partial charge in [-0.3, -0.25) is 4.79 Å². The zero-order valence-electron chi connectivity index (χ0n) is 10.0. The maximum Gasteiger partial charge on any atom is 0.237 e. The highest BCUT2D eigenvalue weighted by Crippen LogP contribution is 2.42. The molecule has 2 atom stereocenters. The van der Waals surface area contributed by atoms with Crippen LogP contribution in [0.15, 0.2) is 0 Å². The summed E-state index contributed by atoms with van der Waals surface area (Å²) in [6.07, 6.45) is 0. The molecule has 1 aliphatic rings. The van der Waals surface area contributed by atoms with Crippen LogP contribution in [0.1, 0.15) is 27.7 Å². The lowest BCUT2D eigenvalue weighted by atomic mass is 10.4. The Labute approximate surface area is 92.0 Å². The second kappa shape index (κ2) is 6.41. The van der Waals surface area contributed by atoms with Crippen LogP contribution in [0.4, 0.5) is 0 Å². The molecular weight excluding hydrogens is 190 g/mol. The highest BCUT2D eigenvalue weighted by molar-refractivity contribution is 5.79. The Morgan fingerprint density at radius 1 is 1.40 bits per heavy atom. The van der Waals surface area contributed by atoms with Crippen LogP contribution in [-0.4, -0.2) is 29.9 Å². The minimum Gasteiger partial charge on any atom is -0.325 e. The smallest absolute Gasteiger partial charge is 0.237 e. The molecule has 0 bridgehead atoms. The van der Waals surface area contributed by atoms with Crippen molar-refractivity contribution in [3.8, 4) is 6.07 Å². The number of hydrogen-bond donors (Lipinski definition) is 1. The molecule has 0 aromatic rings. The lowest BCUT2D eigenvalue weighted by molar-refractivity contribution is -0.129. The fourth-order valence-electron chi connectivity index (χ4n) is 1.76. The predicted molar refractivity (Wildman–Crippen MR) is 59.8 cm³/mol. The molecule has 2 unspecified atom stereocenters. The van der Waals surface area contributed by atoms with Gasteiger partial charge < -0.3 is 10.6 Å². The van der Waals surface area contributed by atoms with Crippen LogP contribution < -0.4 is 5.73 Å². The molecule has 0 aromatic carbocycles. The van der Waals surface area contributed by atoms with Crippen LogP contribution >= 0.6 is 0 Å². The van der Waals surface area contributed by atoms with Crippen molar-refractivity contribution < 1.29 is 4.79 Å². The lowest BCUT2D eigenvalue weighted by Gasteiger charge is -2.18. The summed E-state index contributed by atoms with van der Waals surface area (Å²) in [5.74, 6) is 0.885. The van der Waals surface area contributed by atoms with E-state index in [1.807, 2.05) is 19.9 Å². The Kier molecular flexibility index (Phi) is 5.95. The van der Waals surface area contributed by atoms with Crippen LogP contribution in [0.25, 0.3) is 0 Å². The summed E-state index contributed by atoms with van der Waals surface area (Å²) in [5, 5.41) is 8.55. The Balaban J connectivity index is 0.000000921. The van der Waals surface area contributed by atoms with Crippen molar-refractivity contribution in [2.45, 2.75) is 33.7 Å². The van der Waals surface area contributed by atoms with Crippen molar-refractivity contribution in [3.63, 3.8) is 0 Å². The van der Waals surface area contributed by atoms with Gasteiger partial charge in [0.15, 0.2) is 0 Å². The monoisotopic (exact) mass is 211 g/mol. The molecule has 1 amide bonds. The number of nitriles is 1. The summed E-state index contributed by atoms with van der Waals surface area (Å²) in [7, 11) is 0. The molecule has 0 spiro atoms. The molecule has 0 aliphatic heterocycles. The molecule has 0 aromatic heterocycles. The first-order valence-corrected chi connectivity index (χ1v) is 5.50. The van der Waals surface area contributed by atoms with Gasteiger partial charge in [0.25, 0.3) is 0 Å². The summed E-state index contributed by atoms with van der Waals surface area (Å²) >= 11 is 0. The summed E-state index contributed by atoms with van der Waals surface area (Å²) in [6.45, 7) is 8.33. The summed E-state index contributed by atoms with van der Waals surface area (Å²) in [5.41, 5.74) is 5.26. The zero-order valence-corrected chi connectivity index (χ0v) is 10.0. The molecular formula is C11H21N3O. The van der Waals surface area contributed by atoms with E-state index < -0.39 is 0 Å². The number of nitrogens with two attached hydrogens (primary N) is 1. The van der Waals surface area contributed by atoms with E-state index in [0.717, 1.165) is 0 Å². The molecule has 0 heterocycles. The van der Waals surface area contributed by atoms with Crippen molar-refractivity contribution in [1.82, 2.24) is 4.90 Å². The number of amides is 1. The quantitative estimate of drug-likeness (QED) is 0.707. The standard InChI is InChI=1S/C9H15N3O.C2H6/c1-6-7(2)9(6)12(4-3-10)8(13)5-11;1-2/h6-7,9H,4-5,11H2,1-2H3;1-2H3. The molecule has 0 radical (unpaired) electrons. The van der Waals surface area contributed by atoms with Crippen LogP contribution in [0, 0.1) is 23.2 Å². The van der Waals surface area contributed by atoms with E-state index in [4.69, 9.17) is 11.0 Å². The van der Waals surface area contributed by atoms with Gasteiger partial charge in [0, 0.05) is 6.04 Å². The third kappa shape index (κ3) is 3.21. The van der Waals surface area contributed by atoms with E-state index in [1.54, 1.807) is 4.90 Å². The number of carbonyl (C=O) groups excluding carboxylic acids is 1. The van der Waals surface area contributed by atoms with Crippen LogP contribution in [0.2, 0.25) is 0 Å². The lowest BCUT2D eigenvalue weighted by Crippen LogP contribution is -2.39. The number of hydrogen-bond acceptors (Lipinski definition) is 3. The van der Waals surface area contributed by atoms with E-state index in [-0.39, 0.29) is 25.0 Å². The molecule has 2 N–H and O–H groups in total. The Bertz CT molecular complexity index is 239. The minimum atomic E-state index is -0.122. The zero-order chi connectivity index (χ0) is 12.0. The third-order valence-electron chi connectivity index (χ3n) is 2.86. The highest BCUT2D eigenvalue weighted by atomic mass is 16.2. The van der Waals surface area contributed by atoms with Crippen molar-refractivity contribution in [1.29, 1.82) is 5.26 Å². The molecule has 1 rings (SSSR count). The van der Waals surface area contributed by atoms with Gasteiger partial charge in [0.1, 0.15) is 6.54 Å². The summed E-state index contributed by atoms with van der Waals surface area (Å²) < 4.78 is 0. The van der Waals surface area contributed by atoms with E-state index in [1.165, 1.54) is 0 Å². The van der Waals surface area contributed by atoms with E-state index in [2.05, 4.69) is 13.8 Å². The third-order valence-corrected chi connectivity index (χ3v) is 2.86. The van der Waals surface area contributed by atoms with Crippen molar-refractivity contribution >= 4 is 5.91 Å². The van der Waals surface area contributed by atoms with E-state index in [0.29, 0.717) is 11.8 Å². The maximum atomic E-state index is 11.3. The van der Waals surface area contributed by atoms with Gasteiger partial charge in [-0.1, -0.05) is 27.7 Å². The molecule has 0 saturated heterocycles. The van der Waals surface area contributed by atoms with Crippen molar-refractivity contribution in [3.05, 3.63) is 0 Å². The fourth-order valence-corrected chi connectivity index (χ4v) is 1.76.